The number of rotatable bonds is 3. The number of imidazole rings is 1. The minimum absolute atomic E-state index is 0.114. The van der Waals surface area contributed by atoms with Gasteiger partial charge in [0.05, 0.1) is 6.61 Å². The zero-order valence-corrected chi connectivity index (χ0v) is 11.5. The van der Waals surface area contributed by atoms with E-state index in [1.807, 2.05) is 0 Å². The molecule has 5 N–H and O–H groups in total. The van der Waals surface area contributed by atoms with Crippen molar-refractivity contribution >= 4 is 25.4 Å². The SMILES string of the molecule is Nc1ncnc2c1ncn2[C@]1(P=O)O[C@H](CO)[C@@H](O)[C@H]1O. The molecule has 0 bridgehead atoms. The van der Waals surface area contributed by atoms with Gasteiger partial charge in [0.1, 0.15) is 36.5 Å². The van der Waals surface area contributed by atoms with Crippen LogP contribution in [0.1, 0.15) is 0 Å². The highest BCUT2D eigenvalue weighted by molar-refractivity contribution is 7.24. The lowest BCUT2D eigenvalue weighted by atomic mass is 10.1. The summed E-state index contributed by atoms with van der Waals surface area (Å²) >= 11 is 0. The molecule has 0 saturated carbocycles. The number of anilines is 1. The molecule has 4 atom stereocenters. The fourth-order valence-electron chi connectivity index (χ4n) is 2.34. The number of hydrogen-bond acceptors (Lipinski definition) is 9. The van der Waals surface area contributed by atoms with E-state index in [1.54, 1.807) is 0 Å². The number of hydrogen-bond donors (Lipinski definition) is 4. The van der Waals surface area contributed by atoms with E-state index in [2.05, 4.69) is 15.0 Å². The van der Waals surface area contributed by atoms with Crippen molar-refractivity contribution in [2.75, 3.05) is 12.3 Å². The third-order valence-electron chi connectivity index (χ3n) is 3.43. The molecule has 10 nitrogen and oxygen atoms in total. The first-order chi connectivity index (χ1) is 10.0. The highest BCUT2D eigenvalue weighted by Crippen LogP contribution is 2.45. The van der Waals surface area contributed by atoms with E-state index in [9.17, 15) is 14.8 Å². The number of nitrogens with zero attached hydrogens (tertiary/aromatic N) is 4. The largest absolute Gasteiger partial charge is 0.394 e. The number of nitrogens with two attached hydrogens (primary N) is 1. The Labute approximate surface area is 119 Å². The van der Waals surface area contributed by atoms with E-state index in [-0.39, 0.29) is 17.0 Å². The van der Waals surface area contributed by atoms with Crippen molar-refractivity contribution in [1.29, 1.82) is 0 Å². The molecule has 0 aromatic carbocycles. The van der Waals surface area contributed by atoms with Gasteiger partial charge in [-0.1, -0.05) is 0 Å². The predicted molar refractivity (Wildman–Crippen MR) is 69.3 cm³/mol. The normalized spacial score (nSPS) is 33.0. The Hall–Kier alpha value is -1.71. The van der Waals surface area contributed by atoms with Gasteiger partial charge in [0.2, 0.25) is 8.46 Å². The predicted octanol–water partition coefficient (Wildman–Crippen LogP) is -1.58. The maximum Gasteiger partial charge on any atom is 0.259 e. The Bertz CT molecular complexity index is 696. The van der Waals surface area contributed by atoms with Crippen LogP contribution in [0.4, 0.5) is 5.82 Å². The molecule has 2 aromatic rings. The van der Waals surface area contributed by atoms with Crippen LogP contribution in [0.25, 0.3) is 11.2 Å². The van der Waals surface area contributed by atoms with E-state index in [4.69, 9.17) is 15.6 Å². The minimum Gasteiger partial charge on any atom is -0.394 e. The molecule has 112 valence electrons. The Morgan fingerprint density at radius 3 is 2.81 bits per heavy atom. The van der Waals surface area contributed by atoms with Gasteiger partial charge in [-0.05, 0) is 0 Å². The molecule has 11 heteroatoms. The summed E-state index contributed by atoms with van der Waals surface area (Å²) in [4.78, 5) is 11.8. The monoisotopic (exact) mass is 313 g/mol. The summed E-state index contributed by atoms with van der Waals surface area (Å²) in [5.41, 5.74) is 4.26. The first-order valence-corrected chi connectivity index (χ1v) is 6.79. The molecule has 0 unspecified atom stereocenters. The average Bonchev–Trinajstić information content (AvgIpc) is 3.03. The van der Waals surface area contributed by atoms with Gasteiger partial charge in [-0.15, -0.1) is 0 Å². The standard InChI is InChI=1S/C10H12N5O5P/c11-8-5-9(13-2-12-8)15(3-14-5)10(21-19)7(18)6(17)4(1-16)20-10/h2-4,6-7,16-18H,1H2,(H2,11,12,13)/t4-,6-,7-,10+/m1/s1. The second-order valence-electron chi connectivity index (χ2n) is 4.57. The number of fused-ring (bicyclic) bond motifs is 1. The highest BCUT2D eigenvalue weighted by Gasteiger charge is 2.57. The Morgan fingerprint density at radius 1 is 1.43 bits per heavy atom. The fraction of sp³-hybridized carbons (Fsp3) is 0.500. The third-order valence-corrected chi connectivity index (χ3v) is 4.28. The average molecular weight is 313 g/mol. The molecule has 0 aliphatic carbocycles. The minimum atomic E-state index is -1.84. The maximum absolute atomic E-state index is 11.7. The van der Waals surface area contributed by atoms with Gasteiger partial charge in [-0.2, -0.15) is 0 Å². The van der Waals surface area contributed by atoms with Crippen LogP contribution in [0, 0.1) is 0 Å². The van der Waals surface area contributed by atoms with Gasteiger partial charge in [-0.25, -0.2) is 15.0 Å². The van der Waals surface area contributed by atoms with Gasteiger partial charge in [0.25, 0.3) is 5.47 Å². The summed E-state index contributed by atoms with van der Waals surface area (Å²) in [6.07, 6.45) is -1.63. The van der Waals surface area contributed by atoms with Gasteiger partial charge in [0.15, 0.2) is 11.5 Å². The van der Waals surface area contributed by atoms with Gasteiger partial charge in [0, 0.05) is 0 Å². The topological polar surface area (TPSA) is 157 Å². The molecule has 1 aliphatic heterocycles. The summed E-state index contributed by atoms with van der Waals surface area (Å²) in [7, 11) is -0.631. The number of aliphatic hydroxyl groups is 3. The molecule has 0 amide bonds. The smallest absolute Gasteiger partial charge is 0.259 e. The van der Waals surface area contributed by atoms with Crippen LogP contribution in [0.5, 0.6) is 0 Å². The fourth-order valence-corrected chi connectivity index (χ4v) is 3.01. The lowest BCUT2D eigenvalue weighted by Gasteiger charge is -2.26. The summed E-state index contributed by atoms with van der Waals surface area (Å²) in [6, 6.07) is 0. The summed E-state index contributed by atoms with van der Waals surface area (Å²) in [5.74, 6) is 0.114. The molecule has 3 heterocycles. The van der Waals surface area contributed by atoms with Crippen molar-refractivity contribution in [2.24, 2.45) is 0 Å². The van der Waals surface area contributed by atoms with Crippen LogP contribution in [0.2, 0.25) is 0 Å². The zero-order chi connectivity index (χ0) is 15.2. The van der Waals surface area contributed by atoms with Crippen LogP contribution in [0.15, 0.2) is 12.7 Å². The highest BCUT2D eigenvalue weighted by atomic mass is 31.1. The van der Waals surface area contributed by atoms with Crippen molar-refractivity contribution in [2.45, 2.75) is 23.8 Å². The Morgan fingerprint density at radius 2 is 2.19 bits per heavy atom. The van der Waals surface area contributed by atoms with Crippen molar-refractivity contribution in [1.82, 2.24) is 19.5 Å². The van der Waals surface area contributed by atoms with E-state index in [1.165, 1.54) is 17.2 Å². The van der Waals surface area contributed by atoms with Crippen molar-refractivity contribution in [3.05, 3.63) is 12.7 Å². The third kappa shape index (κ3) is 1.84. The molecule has 1 aliphatic rings. The Balaban J connectivity index is 2.19. The van der Waals surface area contributed by atoms with Crippen LogP contribution < -0.4 is 5.73 Å². The van der Waals surface area contributed by atoms with Gasteiger partial charge < -0.3 is 25.8 Å². The molecule has 1 fully saturated rings. The molecule has 0 spiro atoms. The summed E-state index contributed by atoms with van der Waals surface area (Å²) in [6.45, 7) is -0.542. The molecule has 2 aromatic heterocycles. The second kappa shape index (κ2) is 4.93. The zero-order valence-electron chi connectivity index (χ0n) is 10.6. The molecule has 3 rings (SSSR count). The van der Waals surface area contributed by atoms with Crippen molar-refractivity contribution in [3.63, 3.8) is 0 Å². The lowest BCUT2D eigenvalue weighted by molar-refractivity contribution is -0.0815. The van der Waals surface area contributed by atoms with Crippen molar-refractivity contribution in [3.8, 4) is 0 Å². The van der Waals surface area contributed by atoms with Gasteiger partial charge in [-0.3, -0.25) is 9.13 Å². The second-order valence-corrected chi connectivity index (χ2v) is 5.39. The number of aromatic nitrogens is 4. The maximum atomic E-state index is 11.7. The van der Waals surface area contributed by atoms with Crippen LogP contribution in [0.3, 0.4) is 0 Å². The van der Waals surface area contributed by atoms with E-state index >= 15 is 0 Å². The van der Waals surface area contributed by atoms with E-state index < -0.39 is 38.8 Å². The van der Waals surface area contributed by atoms with Crippen LogP contribution in [-0.2, 0) is 14.8 Å². The van der Waals surface area contributed by atoms with E-state index in [0.717, 1.165) is 0 Å². The van der Waals surface area contributed by atoms with Crippen molar-refractivity contribution < 1.29 is 24.6 Å². The summed E-state index contributed by atoms with van der Waals surface area (Å²) < 4.78 is 18.3. The summed E-state index contributed by atoms with van der Waals surface area (Å²) in [5, 5.41) is 29.2. The molecule has 21 heavy (non-hydrogen) atoms. The van der Waals surface area contributed by atoms with Crippen LogP contribution in [-0.4, -0.2) is 59.8 Å². The molecule has 0 radical (unpaired) electrons. The van der Waals surface area contributed by atoms with Crippen LogP contribution >= 0.6 is 8.46 Å². The first-order valence-electron chi connectivity index (χ1n) is 5.98. The quantitative estimate of drug-likeness (QED) is 0.491. The molecular weight excluding hydrogens is 301 g/mol. The first kappa shape index (κ1) is 14.2. The lowest BCUT2D eigenvalue weighted by Crippen LogP contribution is -2.41. The molecular formula is C10H12N5O5P. The number of aliphatic hydroxyl groups excluding tert-OH is 3. The van der Waals surface area contributed by atoms with Gasteiger partial charge >= 0.3 is 0 Å². The molecule has 1 saturated heterocycles. The van der Waals surface area contributed by atoms with E-state index in [0.29, 0.717) is 0 Å². The number of nitrogen functional groups attached to an aromatic ring is 1. The Kier molecular flexibility index (Phi) is 3.34. The number of ether oxygens (including phenoxy) is 1.